The quantitative estimate of drug-likeness (QED) is 0.267. The Morgan fingerprint density at radius 3 is 2.04 bits per heavy atom. The van der Waals surface area contributed by atoms with Gasteiger partial charge in [-0.15, -0.1) is 0 Å². The molecule has 0 aromatic rings. The predicted molar refractivity (Wildman–Crippen MR) is 102 cm³/mol. The fourth-order valence-electron chi connectivity index (χ4n) is 2.06. The first-order valence-corrected chi connectivity index (χ1v) is 9.08. The summed E-state index contributed by atoms with van der Waals surface area (Å²) in [5, 5.41) is 9.78. The normalized spacial score (nSPS) is 13.6. The van der Waals surface area contributed by atoms with E-state index in [-0.39, 0.29) is 5.97 Å². The van der Waals surface area contributed by atoms with Gasteiger partial charge in [0.1, 0.15) is 0 Å². The molecule has 0 rings (SSSR count). The van der Waals surface area contributed by atoms with Crippen LogP contribution < -0.4 is 0 Å². The van der Waals surface area contributed by atoms with Gasteiger partial charge in [0.05, 0.1) is 13.2 Å². The van der Waals surface area contributed by atoms with E-state index in [9.17, 15) is 9.90 Å². The van der Waals surface area contributed by atoms with Crippen molar-refractivity contribution in [2.45, 2.75) is 70.8 Å². The van der Waals surface area contributed by atoms with Gasteiger partial charge in [-0.1, -0.05) is 68.4 Å². The number of carbonyl (C=O) groups excluding carboxylic acids is 1. The van der Waals surface area contributed by atoms with Crippen LogP contribution in [0.5, 0.6) is 0 Å². The van der Waals surface area contributed by atoms with Crippen molar-refractivity contribution in [3.05, 3.63) is 48.6 Å². The summed E-state index contributed by atoms with van der Waals surface area (Å²) in [6, 6.07) is 0. The molecule has 136 valence electrons. The molecule has 0 aliphatic carbocycles. The lowest BCUT2D eigenvalue weighted by Gasteiger charge is -1.96. The van der Waals surface area contributed by atoms with Crippen LogP contribution in [0.15, 0.2) is 48.6 Å². The van der Waals surface area contributed by atoms with Gasteiger partial charge in [-0.05, 0) is 38.5 Å². The number of hydrogen-bond acceptors (Lipinski definition) is 3. The largest absolute Gasteiger partial charge is 0.469 e. The number of methoxy groups -OCH3 is 1. The van der Waals surface area contributed by atoms with Crippen molar-refractivity contribution >= 4 is 5.97 Å². The summed E-state index contributed by atoms with van der Waals surface area (Å²) in [5.41, 5.74) is 0. The van der Waals surface area contributed by atoms with Crippen LogP contribution in [-0.4, -0.2) is 24.3 Å². The summed E-state index contributed by atoms with van der Waals surface area (Å²) in [5.74, 6) is -0.158. The maximum absolute atomic E-state index is 10.9. The Labute approximate surface area is 147 Å². The number of allylic oxidation sites excluding steroid dienone is 6. The molecule has 0 aliphatic heterocycles. The fraction of sp³-hybridized carbons (Fsp3) is 0.571. The highest BCUT2D eigenvalue weighted by Gasteiger charge is 1.96. The van der Waals surface area contributed by atoms with Gasteiger partial charge < -0.3 is 9.84 Å². The molecule has 0 aliphatic rings. The minimum Gasteiger partial charge on any atom is -0.469 e. The Morgan fingerprint density at radius 2 is 1.50 bits per heavy atom. The Hall–Kier alpha value is -1.61. The van der Waals surface area contributed by atoms with Gasteiger partial charge >= 0.3 is 5.97 Å². The molecule has 1 atom stereocenters. The van der Waals surface area contributed by atoms with E-state index in [1.165, 1.54) is 26.4 Å². The molecule has 0 aromatic heterocycles. The second-order valence-corrected chi connectivity index (χ2v) is 5.73. The van der Waals surface area contributed by atoms with Crippen LogP contribution in [0, 0.1) is 0 Å². The summed E-state index contributed by atoms with van der Waals surface area (Å²) in [6.07, 6.45) is 24.3. The average molecular weight is 335 g/mol. The van der Waals surface area contributed by atoms with Crippen LogP contribution in [0.3, 0.4) is 0 Å². The van der Waals surface area contributed by atoms with Crippen molar-refractivity contribution in [3.8, 4) is 0 Å². The number of aliphatic hydroxyl groups is 1. The third kappa shape index (κ3) is 16.8. The lowest BCUT2D eigenvalue weighted by Crippen LogP contribution is -1.98. The zero-order valence-corrected chi connectivity index (χ0v) is 15.3. The van der Waals surface area contributed by atoms with Gasteiger partial charge in [0, 0.05) is 6.42 Å². The van der Waals surface area contributed by atoms with Gasteiger partial charge in [0.2, 0.25) is 0 Å². The SMILES string of the molecule is CCCCC/C=C\C/C=C\[C@H](O)/C=C\C/C=C\CCCC(=O)OC. The van der Waals surface area contributed by atoms with Crippen LogP contribution in [-0.2, 0) is 9.53 Å². The van der Waals surface area contributed by atoms with Crippen LogP contribution in [0.4, 0.5) is 0 Å². The second-order valence-electron chi connectivity index (χ2n) is 5.73. The minimum absolute atomic E-state index is 0.158. The minimum atomic E-state index is -0.522. The Balaban J connectivity index is 3.64. The molecule has 0 radical (unpaired) electrons. The first-order valence-electron chi connectivity index (χ1n) is 9.08. The highest BCUT2D eigenvalue weighted by Crippen LogP contribution is 2.02. The zero-order valence-electron chi connectivity index (χ0n) is 15.3. The number of aliphatic hydroxyl groups excluding tert-OH is 1. The van der Waals surface area contributed by atoms with Crippen molar-refractivity contribution < 1.29 is 14.6 Å². The molecule has 0 aromatic carbocycles. The molecule has 0 fully saturated rings. The second kappa shape index (κ2) is 17.7. The van der Waals surface area contributed by atoms with Crippen molar-refractivity contribution in [3.63, 3.8) is 0 Å². The summed E-state index contributed by atoms with van der Waals surface area (Å²) in [6.45, 7) is 2.21. The lowest BCUT2D eigenvalue weighted by molar-refractivity contribution is -0.140. The molecule has 0 spiro atoms. The number of rotatable bonds is 14. The molecule has 3 heteroatoms. The van der Waals surface area contributed by atoms with Gasteiger partial charge in [-0.2, -0.15) is 0 Å². The van der Waals surface area contributed by atoms with E-state index >= 15 is 0 Å². The summed E-state index contributed by atoms with van der Waals surface area (Å²) in [4.78, 5) is 10.9. The topological polar surface area (TPSA) is 46.5 Å². The van der Waals surface area contributed by atoms with E-state index in [1.807, 2.05) is 24.3 Å². The monoisotopic (exact) mass is 334 g/mol. The highest BCUT2D eigenvalue weighted by molar-refractivity contribution is 5.69. The number of unbranched alkanes of at least 4 members (excludes halogenated alkanes) is 4. The van der Waals surface area contributed by atoms with Crippen LogP contribution >= 0.6 is 0 Å². The molecule has 0 heterocycles. The van der Waals surface area contributed by atoms with E-state index in [2.05, 4.69) is 29.9 Å². The molecule has 3 nitrogen and oxygen atoms in total. The zero-order chi connectivity index (χ0) is 17.9. The van der Waals surface area contributed by atoms with Crippen molar-refractivity contribution in [2.24, 2.45) is 0 Å². The maximum Gasteiger partial charge on any atom is 0.305 e. The van der Waals surface area contributed by atoms with Crippen molar-refractivity contribution in [2.75, 3.05) is 7.11 Å². The van der Waals surface area contributed by atoms with E-state index < -0.39 is 6.10 Å². The van der Waals surface area contributed by atoms with E-state index in [0.717, 1.165) is 32.1 Å². The molecular weight excluding hydrogens is 300 g/mol. The molecule has 0 unspecified atom stereocenters. The average Bonchev–Trinajstić information content (AvgIpc) is 2.59. The number of hydrogen-bond donors (Lipinski definition) is 1. The summed E-state index contributed by atoms with van der Waals surface area (Å²) in [7, 11) is 1.41. The maximum atomic E-state index is 10.9. The predicted octanol–water partition coefficient (Wildman–Crippen LogP) is 5.28. The van der Waals surface area contributed by atoms with Gasteiger partial charge in [-0.3, -0.25) is 4.79 Å². The summed E-state index contributed by atoms with van der Waals surface area (Å²) < 4.78 is 4.58. The Bertz CT molecular complexity index is 405. The molecular formula is C21H34O3. The van der Waals surface area contributed by atoms with Crippen molar-refractivity contribution in [1.82, 2.24) is 0 Å². The van der Waals surface area contributed by atoms with Crippen LogP contribution in [0.25, 0.3) is 0 Å². The molecule has 0 bridgehead atoms. The third-order valence-corrected chi connectivity index (χ3v) is 3.50. The molecule has 0 amide bonds. The first kappa shape index (κ1) is 22.4. The standard InChI is InChI=1S/C21H34O3/c1-3-4-5-6-7-8-11-14-17-20(22)18-15-12-9-10-13-16-19-21(23)24-2/h7-10,14-15,17-18,20,22H,3-6,11-13,16,19H2,1-2H3/b8-7-,10-9-,17-14-,18-15-/t20-/m0/s1. The molecule has 1 N–H and O–H groups in total. The number of carbonyl (C=O) groups is 1. The molecule has 24 heavy (non-hydrogen) atoms. The molecule has 0 saturated heterocycles. The number of ether oxygens (including phenoxy) is 1. The Morgan fingerprint density at radius 1 is 0.917 bits per heavy atom. The number of esters is 1. The Kier molecular flexibility index (Phi) is 16.5. The van der Waals surface area contributed by atoms with E-state index in [4.69, 9.17) is 0 Å². The lowest BCUT2D eigenvalue weighted by atomic mass is 10.2. The first-order chi connectivity index (χ1) is 11.7. The summed E-state index contributed by atoms with van der Waals surface area (Å²) >= 11 is 0. The van der Waals surface area contributed by atoms with Gasteiger partial charge in [-0.25, -0.2) is 0 Å². The third-order valence-electron chi connectivity index (χ3n) is 3.50. The van der Waals surface area contributed by atoms with Crippen molar-refractivity contribution in [1.29, 1.82) is 0 Å². The molecule has 0 saturated carbocycles. The van der Waals surface area contributed by atoms with Gasteiger partial charge in [0.15, 0.2) is 0 Å². The fourth-order valence-corrected chi connectivity index (χ4v) is 2.06. The highest BCUT2D eigenvalue weighted by atomic mass is 16.5. The van der Waals surface area contributed by atoms with Gasteiger partial charge in [0.25, 0.3) is 0 Å². The smallest absolute Gasteiger partial charge is 0.305 e. The van der Waals surface area contributed by atoms with E-state index in [1.54, 1.807) is 6.08 Å². The van der Waals surface area contributed by atoms with Crippen LogP contribution in [0.1, 0.15) is 64.7 Å². The van der Waals surface area contributed by atoms with E-state index in [0.29, 0.717) is 6.42 Å². The van der Waals surface area contributed by atoms with Crippen LogP contribution in [0.2, 0.25) is 0 Å².